The zero-order valence-electron chi connectivity index (χ0n) is 12.0. The van der Waals surface area contributed by atoms with E-state index in [2.05, 4.69) is 10.1 Å². The molecular formula is C16H11Cl2N3O2. The first-order valence-corrected chi connectivity index (χ1v) is 7.44. The molecule has 0 unspecified atom stereocenters. The molecular weight excluding hydrogens is 337 g/mol. The Balaban J connectivity index is 2.22. The fourth-order valence-corrected chi connectivity index (χ4v) is 2.48. The Labute approximate surface area is 142 Å². The molecule has 0 bridgehead atoms. The molecule has 0 saturated carbocycles. The topological polar surface area (TPSA) is 68.0 Å². The molecule has 2 aromatic carbocycles. The van der Waals surface area contributed by atoms with Crippen LogP contribution in [0.3, 0.4) is 0 Å². The van der Waals surface area contributed by atoms with Gasteiger partial charge in [0.1, 0.15) is 0 Å². The van der Waals surface area contributed by atoms with E-state index in [0.717, 1.165) is 5.56 Å². The first-order chi connectivity index (χ1) is 11.0. The van der Waals surface area contributed by atoms with Gasteiger partial charge in [0.25, 0.3) is 5.82 Å². The second kappa shape index (κ2) is 6.02. The lowest BCUT2D eigenvalue weighted by molar-refractivity contribution is 0.0683. The van der Waals surface area contributed by atoms with Gasteiger partial charge >= 0.3 is 5.97 Å². The van der Waals surface area contributed by atoms with Gasteiger partial charge in [-0.1, -0.05) is 41.4 Å². The van der Waals surface area contributed by atoms with Crippen molar-refractivity contribution in [3.05, 3.63) is 63.9 Å². The maximum Gasteiger partial charge on any atom is 0.375 e. The molecule has 0 spiro atoms. The van der Waals surface area contributed by atoms with Crippen molar-refractivity contribution in [1.82, 2.24) is 14.8 Å². The van der Waals surface area contributed by atoms with Crippen LogP contribution in [0.4, 0.5) is 0 Å². The van der Waals surface area contributed by atoms with Gasteiger partial charge in [-0.25, -0.2) is 14.5 Å². The van der Waals surface area contributed by atoms with Crippen molar-refractivity contribution < 1.29 is 9.90 Å². The average molecular weight is 348 g/mol. The van der Waals surface area contributed by atoms with E-state index in [-0.39, 0.29) is 5.82 Å². The summed E-state index contributed by atoms with van der Waals surface area (Å²) in [7, 11) is 0. The summed E-state index contributed by atoms with van der Waals surface area (Å²) in [6.45, 7) is 1.88. The molecule has 5 nitrogen and oxygen atoms in total. The first kappa shape index (κ1) is 15.5. The predicted molar refractivity (Wildman–Crippen MR) is 88.5 cm³/mol. The number of aryl methyl sites for hydroxylation is 1. The Hall–Kier alpha value is -2.37. The smallest absolute Gasteiger partial charge is 0.375 e. The van der Waals surface area contributed by atoms with Crippen LogP contribution in [0, 0.1) is 6.92 Å². The molecule has 1 aromatic heterocycles. The number of benzene rings is 2. The number of carboxylic acid groups (broad SMARTS) is 1. The fourth-order valence-electron chi connectivity index (χ4n) is 2.11. The van der Waals surface area contributed by atoms with Crippen LogP contribution < -0.4 is 0 Å². The molecule has 3 aromatic rings. The highest BCUT2D eigenvalue weighted by atomic mass is 35.5. The molecule has 3 rings (SSSR count). The Bertz CT molecular complexity index is 906. The fraction of sp³-hybridized carbons (Fsp3) is 0.0625. The molecule has 0 aliphatic heterocycles. The van der Waals surface area contributed by atoms with Crippen molar-refractivity contribution in [2.24, 2.45) is 0 Å². The van der Waals surface area contributed by atoms with Crippen LogP contribution >= 0.6 is 23.2 Å². The summed E-state index contributed by atoms with van der Waals surface area (Å²) in [5.74, 6) is -1.12. The van der Waals surface area contributed by atoms with E-state index in [1.54, 1.807) is 36.4 Å². The van der Waals surface area contributed by atoms with Crippen LogP contribution in [0.2, 0.25) is 10.0 Å². The molecule has 0 fully saturated rings. The SMILES string of the molecule is Cc1ccc(-n2nc(C(=O)O)nc2-c2cccc(Cl)c2)cc1Cl. The Morgan fingerprint density at radius 3 is 2.61 bits per heavy atom. The molecule has 0 aliphatic rings. The van der Waals surface area contributed by atoms with Crippen molar-refractivity contribution in [3.8, 4) is 17.1 Å². The lowest BCUT2D eigenvalue weighted by Crippen LogP contribution is -2.02. The third kappa shape index (κ3) is 3.06. The number of nitrogens with zero attached hydrogens (tertiary/aromatic N) is 3. The van der Waals surface area contributed by atoms with E-state index >= 15 is 0 Å². The van der Waals surface area contributed by atoms with Gasteiger partial charge in [-0.2, -0.15) is 0 Å². The zero-order chi connectivity index (χ0) is 16.6. The van der Waals surface area contributed by atoms with Crippen LogP contribution in [0.1, 0.15) is 16.2 Å². The van der Waals surface area contributed by atoms with Crippen LogP contribution in [0.15, 0.2) is 42.5 Å². The van der Waals surface area contributed by atoms with Crippen molar-refractivity contribution in [3.63, 3.8) is 0 Å². The first-order valence-electron chi connectivity index (χ1n) is 6.68. The summed E-state index contributed by atoms with van der Waals surface area (Å²) >= 11 is 12.2. The van der Waals surface area contributed by atoms with E-state index < -0.39 is 5.97 Å². The van der Waals surface area contributed by atoms with E-state index in [0.29, 0.717) is 27.1 Å². The zero-order valence-corrected chi connectivity index (χ0v) is 13.5. The van der Waals surface area contributed by atoms with Gasteiger partial charge in [0.15, 0.2) is 5.82 Å². The summed E-state index contributed by atoms with van der Waals surface area (Å²) in [6, 6.07) is 12.3. The van der Waals surface area contributed by atoms with E-state index in [1.165, 1.54) is 4.68 Å². The molecule has 1 N–H and O–H groups in total. The summed E-state index contributed by atoms with van der Waals surface area (Å²) in [5, 5.41) is 14.3. The molecule has 1 heterocycles. The van der Waals surface area contributed by atoms with Crippen molar-refractivity contribution in [2.45, 2.75) is 6.92 Å². The summed E-state index contributed by atoms with van der Waals surface area (Å²) in [5.41, 5.74) is 2.20. The quantitative estimate of drug-likeness (QED) is 0.768. The minimum absolute atomic E-state index is 0.295. The summed E-state index contributed by atoms with van der Waals surface area (Å²) in [6.07, 6.45) is 0. The summed E-state index contributed by atoms with van der Waals surface area (Å²) < 4.78 is 1.44. The van der Waals surface area contributed by atoms with Gasteiger partial charge in [-0.05, 0) is 36.8 Å². The van der Waals surface area contributed by atoms with E-state index in [4.69, 9.17) is 23.2 Å². The molecule has 0 atom stereocenters. The van der Waals surface area contributed by atoms with Gasteiger partial charge in [-0.3, -0.25) is 0 Å². The molecule has 0 amide bonds. The number of carbonyl (C=O) groups is 1. The van der Waals surface area contributed by atoms with Crippen molar-refractivity contribution in [2.75, 3.05) is 0 Å². The number of hydrogen-bond donors (Lipinski definition) is 1. The van der Waals surface area contributed by atoms with Gasteiger partial charge in [0.05, 0.1) is 5.69 Å². The third-order valence-electron chi connectivity index (χ3n) is 3.28. The molecule has 116 valence electrons. The van der Waals surface area contributed by atoms with Gasteiger partial charge in [0, 0.05) is 15.6 Å². The molecule has 23 heavy (non-hydrogen) atoms. The largest absolute Gasteiger partial charge is 0.475 e. The molecule has 7 heteroatoms. The van der Waals surface area contributed by atoms with Crippen LogP contribution in [-0.2, 0) is 0 Å². The van der Waals surface area contributed by atoms with Crippen LogP contribution in [0.25, 0.3) is 17.1 Å². The Kier molecular flexibility index (Phi) is 4.07. The molecule has 0 aliphatic carbocycles. The number of hydrogen-bond acceptors (Lipinski definition) is 3. The van der Waals surface area contributed by atoms with Crippen molar-refractivity contribution >= 4 is 29.2 Å². The molecule has 0 saturated heterocycles. The maximum atomic E-state index is 11.2. The molecule has 0 radical (unpaired) electrons. The lowest BCUT2D eigenvalue weighted by Gasteiger charge is -2.08. The van der Waals surface area contributed by atoms with Crippen LogP contribution in [0.5, 0.6) is 0 Å². The number of carboxylic acids is 1. The second-order valence-electron chi connectivity index (χ2n) is 4.92. The lowest BCUT2D eigenvalue weighted by atomic mass is 10.2. The average Bonchev–Trinajstić information content (AvgIpc) is 2.95. The number of rotatable bonds is 3. The van der Waals surface area contributed by atoms with Gasteiger partial charge < -0.3 is 5.11 Å². The van der Waals surface area contributed by atoms with E-state index in [1.807, 2.05) is 13.0 Å². The van der Waals surface area contributed by atoms with E-state index in [9.17, 15) is 9.90 Å². The number of aromatic nitrogens is 3. The van der Waals surface area contributed by atoms with Gasteiger partial charge in [-0.15, -0.1) is 5.10 Å². The van der Waals surface area contributed by atoms with Gasteiger partial charge in [0.2, 0.25) is 0 Å². The highest BCUT2D eigenvalue weighted by Crippen LogP contribution is 2.26. The highest BCUT2D eigenvalue weighted by molar-refractivity contribution is 6.31. The Morgan fingerprint density at radius 2 is 1.96 bits per heavy atom. The monoisotopic (exact) mass is 347 g/mol. The van der Waals surface area contributed by atoms with Crippen LogP contribution in [-0.4, -0.2) is 25.8 Å². The minimum Gasteiger partial charge on any atom is -0.475 e. The maximum absolute atomic E-state index is 11.2. The normalized spacial score (nSPS) is 10.7. The number of aromatic carboxylic acids is 1. The highest BCUT2D eigenvalue weighted by Gasteiger charge is 2.18. The summed E-state index contributed by atoms with van der Waals surface area (Å²) in [4.78, 5) is 15.3. The second-order valence-corrected chi connectivity index (χ2v) is 5.76. The third-order valence-corrected chi connectivity index (χ3v) is 3.92. The van der Waals surface area contributed by atoms with Crippen molar-refractivity contribution in [1.29, 1.82) is 0 Å². The Morgan fingerprint density at radius 1 is 1.17 bits per heavy atom. The number of halogens is 2. The predicted octanol–water partition coefficient (Wildman–Crippen LogP) is 4.25. The standard InChI is InChI=1S/C16H11Cl2N3O2/c1-9-5-6-12(8-13(9)18)21-15(19-14(20-21)16(22)23)10-3-2-4-11(17)7-10/h2-8H,1H3,(H,22,23). The minimum atomic E-state index is -1.20.